The highest BCUT2D eigenvalue weighted by molar-refractivity contribution is 9.10. The molecule has 1 aromatic carbocycles. The van der Waals surface area contributed by atoms with Crippen molar-refractivity contribution in [2.45, 2.75) is 19.9 Å². The predicted octanol–water partition coefficient (Wildman–Crippen LogP) is 2.17. The average Bonchev–Trinajstić information content (AvgIpc) is 2.75. The lowest BCUT2D eigenvalue weighted by atomic mass is 10.3. The molecule has 0 bridgehead atoms. The van der Waals surface area contributed by atoms with Crippen LogP contribution in [0.5, 0.6) is 0 Å². The molecule has 1 saturated heterocycles. The van der Waals surface area contributed by atoms with Crippen LogP contribution >= 0.6 is 15.9 Å². The molecule has 1 aromatic rings. The third-order valence-electron chi connectivity index (χ3n) is 3.17. The number of halogens is 1. The second kappa shape index (κ2) is 6.26. The van der Waals surface area contributed by atoms with Crippen molar-refractivity contribution in [1.29, 1.82) is 0 Å². The summed E-state index contributed by atoms with van der Waals surface area (Å²) < 4.78 is 5.74. The van der Waals surface area contributed by atoms with Crippen molar-refractivity contribution < 1.29 is 19.1 Å². The van der Waals surface area contributed by atoms with Gasteiger partial charge in [-0.3, -0.25) is 4.79 Å². The van der Waals surface area contributed by atoms with Crippen LogP contribution in [0.15, 0.2) is 28.7 Å². The third-order valence-corrected chi connectivity index (χ3v) is 3.70. The molecule has 1 fully saturated rings. The van der Waals surface area contributed by atoms with Crippen molar-refractivity contribution in [3.63, 3.8) is 0 Å². The first-order valence-electron chi connectivity index (χ1n) is 6.51. The molecule has 1 aliphatic heterocycles. The Hall–Kier alpha value is -1.89. The maximum atomic E-state index is 12.4. The van der Waals surface area contributed by atoms with E-state index in [2.05, 4.69) is 15.9 Å². The quantitative estimate of drug-likeness (QED) is 0.613. The summed E-state index contributed by atoms with van der Waals surface area (Å²) in [5, 5.41) is 0. The molecule has 0 aromatic heterocycles. The van der Waals surface area contributed by atoms with Crippen LogP contribution in [0.25, 0.3) is 0 Å². The van der Waals surface area contributed by atoms with Gasteiger partial charge in [0.05, 0.1) is 12.3 Å². The van der Waals surface area contributed by atoms with Crippen LogP contribution in [-0.2, 0) is 14.3 Å². The zero-order chi connectivity index (χ0) is 15.6. The van der Waals surface area contributed by atoms with Crippen molar-refractivity contribution in [3.05, 3.63) is 28.7 Å². The van der Waals surface area contributed by atoms with Crippen LogP contribution < -0.4 is 4.90 Å². The number of urea groups is 1. The summed E-state index contributed by atoms with van der Waals surface area (Å²) in [5.74, 6) is -0.880. The molecule has 21 heavy (non-hydrogen) atoms. The molecule has 0 spiro atoms. The van der Waals surface area contributed by atoms with Crippen LogP contribution in [0.1, 0.15) is 13.8 Å². The standard InChI is InChI=1S/C14H15BrN2O4/c1-3-21-13(19)9(2)16-8-12(18)17(14(16)20)11-6-4-10(15)5-7-11/h4-7,9H,3,8H2,1-2H3/t9-/m0/s1. The van der Waals surface area contributed by atoms with Crippen LogP contribution in [0, 0.1) is 0 Å². The van der Waals surface area contributed by atoms with E-state index in [1.807, 2.05) is 0 Å². The number of amides is 3. The van der Waals surface area contributed by atoms with Crippen molar-refractivity contribution in [1.82, 2.24) is 4.90 Å². The highest BCUT2D eigenvalue weighted by Gasteiger charge is 2.41. The van der Waals surface area contributed by atoms with E-state index in [4.69, 9.17) is 4.74 Å². The molecule has 1 atom stereocenters. The van der Waals surface area contributed by atoms with Crippen molar-refractivity contribution in [2.24, 2.45) is 0 Å². The van der Waals surface area contributed by atoms with E-state index in [9.17, 15) is 14.4 Å². The number of hydrogen-bond acceptors (Lipinski definition) is 4. The third kappa shape index (κ3) is 3.07. The first kappa shape index (κ1) is 15.5. The van der Waals surface area contributed by atoms with Gasteiger partial charge in [-0.2, -0.15) is 0 Å². The molecule has 3 amide bonds. The monoisotopic (exact) mass is 354 g/mol. The number of nitrogens with zero attached hydrogens (tertiary/aromatic N) is 2. The predicted molar refractivity (Wildman–Crippen MR) is 79.8 cm³/mol. The van der Waals surface area contributed by atoms with Crippen molar-refractivity contribution in [2.75, 3.05) is 18.1 Å². The van der Waals surface area contributed by atoms with Gasteiger partial charge in [0.1, 0.15) is 12.6 Å². The fourth-order valence-electron chi connectivity index (χ4n) is 2.06. The number of esters is 1. The molecule has 1 heterocycles. The van der Waals surface area contributed by atoms with E-state index in [-0.39, 0.29) is 19.1 Å². The maximum absolute atomic E-state index is 12.4. The van der Waals surface area contributed by atoms with E-state index >= 15 is 0 Å². The largest absolute Gasteiger partial charge is 0.464 e. The van der Waals surface area contributed by atoms with Crippen LogP contribution in [-0.4, -0.2) is 42.0 Å². The van der Waals surface area contributed by atoms with Gasteiger partial charge in [-0.15, -0.1) is 0 Å². The molecule has 0 unspecified atom stereocenters. The van der Waals surface area contributed by atoms with Crippen molar-refractivity contribution in [3.8, 4) is 0 Å². The van der Waals surface area contributed by atoms with Crippen LogP contribution in [0.4, 0.5) is 10.5 Å². The Morgan fingerprint density at radius 1 is 1.33 bits per heavy atom. The van der Waals surface area contributed by atoms with Gasteiger partial charge in [-0.05, 0) is 38.1 Å². The average molecular weight is 355 g/mol. The Kier molecular flexibility index (Phi) is 4.62. The minimum Gasteiger partial charge on any atom is -0.464 e. The summed E-state index contributed by atoms with van der Waals surface area (Å²) in [6, 6.07) is 5.52. The molecule has 1 aliphatic rings. The molecule has 2 rings (SSSR count). The molecule has 7 heteroatoms. The Morgan fingerprint density at radius 2 is 1.95 bits per heavy atom. The number of anilines is 1. The molecule has 0 aliphatic carbocycles. The fraction of sp³-hybridized carbons (Fsp3) is 0.357. The summed E-state index contributed by atoms with van der Waals surface area (Å²) in [4.78, 5) is 38.4. The van der Waals surface area contributed by atoms with Gasteiger partial charge >= 0.3 is 12.0 Å². The zero-order valence-electron chi connectivity index (χ0n) is 11.7. The van der Waals surface area contributed by atoms with Crippen molar-refractivity contribution >= 4 is 39.5 Å². The molecule has 0 N–H and O–H groups in total. The van der Waals surface area contributed by atoms with Gasteiger partial charge in [0.25, 0.3) is 5.91 Å². The normalized spacial score (nSPS) is 16.3. The number of hydrogen-bond donors (Lipinski definition) is 0. The number of imide groups is 1. The Balaban J connectivity index is 2.20. The van der Waals surface area contributed by atoms with E-state index in [1.165, 1.54) is 4.90 Å². The highest BCUT2D eigenvalue weighted by Crippen LogP contribution is 2.24. The highest BCUT2D eigenvalue weighted by atomic mass is 79.9. The smallest absolute Gasteiger partial charge is 0.332 e. The first-order chi connectivity index (χ1) is 9.95. The number of rotatable bonds is 4. The van der Waals surface area contributed by atoms with Crippen LogP contribution in [0.3, 0.4) is 0 Å². The van der Waals surface area contributed by atoms with Gasteiger partial charge in [0.2, 0.25) is 0 Å². The summed E-state index contributed by atoms with van der Waals surface area (Å²) >= 11 is 3.30. The topological polar surface area (TPSA) is 66.9 Å². The fourth-order valence-corrected chi connectivity index (χ4v) is 2.32. The summed E-state index contributed by atoms with van der Waals surface area (Å²) in [7, 11) is 0. The maximum Gasteiger partial charge on any atom is 0.332 e. The number of carbonyl (C=O) groups is 3. The minimum absolute atomic E-state index is 0.130. The Labute approximate surface area is 130 Å². The van der Waals surface area contributed by atoms with E-state index in [0.29, 0.717) is 5.69 Å². The second-order valence-corrected chi connectivity index (χ2v) is 5.46. The van der Waals surface area contributed by atoms with Gasteiger partial charge in [-0.1, -0.05) is 15.9 Å². The van der Waals surface area contributed by atoms with E-state index in [1.54, 1.807) is 38.1 Å². The second-order valence-electron chi connectivity index (χ2n) is 4.54. The molecular weight excluding hydrogens is 340 g/mol. The number of ether oxygens (including phenoxy) is 1. The Morgan fingerprint density at radius 3 is 2.52 bits per heavy atom. The lowest BCUT2D eigenvalue weighted by molar-refractivity contribution is -0.147. The molecule has 6 nitrogen and oxygen atoms in total. The molecule has 0 saturated carbocycles. The molecule has 112 valence electrons. The lowest BCUT2D eigenvalue weighted by Crippen LogP contribution is -2.43. The molecular formula is C14H15BrN2O4. The summed E-state index contributed by atoms with van der Waals surface area (Å²) in [5.41, 5.74) is 0.478. The Bertz CT molecular complexity index is 573. The van der Waals surface area contributed by atoms with Gasteiger partial charge < -0.3 is 9.64 Å². The number of carbonyl (C=O) groups excluding carboxylic acids is 3. The van der Waals surface area contributed by atoms with E-state index < -0.39 is 18.0 Å². The molecule has 0 radical (unpaired) electrons. The van der Waals surface area contributed by atoms with Crippen LogP contribution in [0.2, 0.25) is 0 Å². The SMILES string of the molecule is CCOC(=O)[C@H](C)N1CC(=O)N(c2ccc(Br)cc2)C1=O. The van der Waals surface area contributed by atoms with Gasteiger partial charge in [-0.25, -0.2) is 14.5 Å². The first-order valence-corrected chi connectivity index (χ1v) is 7.30. The lowest BCUT2D eigenvalue weighted by Gasteiger charge is -2.22. The van der Waals surface area contributed by atoms with Gasteiger partial charge in [0.15, 0.2) is 0 Å². The van der Waals surface area contributed by atoms with E-state index in [0.717, 1.165) is 9.37 Å². The minimum atomic E-state index is -0.790. The summed E-state index contributed by atoms with van der Waals surface area (Å²) in [6.45, 7) is 3.34. The van der Waals surface area contributed by atoms with Gasteiger partial charge in [0, 0.05) is 4.47 Å². The number of benzene rings is 1. The summed E-state index contributed by atoms with van der Waals surface area (Å²) in [6.07, 6.45) is 0. The zero-order valence-corrected chi connectivity index (χ0v) is 13.3.